The molecule has 1 aliphatic heterocycles. The number of amides is 1. The van der Waals surface area contributed by atoms with Crippen molar-refractivity contribution in [1.82, 2.24) is 9.21 Å². The van der Waals surface area contributed by atoms with Crippen LogP contribution in [-0.4, -0.2) is 57.4 Å². The third kappa shape index (κ3) is 4.50. The van der Waals surface area contributed by atoms with E-state index in [0.717, 1.165) is 20.6 Å². The largest absolute Gasteiger partial charge is 0.486 e. The maximum atomic E-state index is 12.9. The van der Waals surface area contributed by atoms with Crippen LogP contribution >= 0.6 is 0 Å². The molecule has 0 aliphatic carbocycles. The van der Waals surface area contributed by atoms with Gasteiger partial charge in [-0.25, -0.2) is 8.42 Å². The van der Waals surface area contributed by atoms with E-state index in [1.807, 2.05) is 42.5 Å². The lowest BCUT2D eigenvalue weighted by Crippen LogP contribution is -2.39. The maximum Gasteiger partial charge on any atom is 0.243 e. The Bertz CT molecular complexity index is 1230. The lowest BCUT2D eigenvalue weighted by Gasteiger charge is -2.23. The van der Waals surface area contributed by atoms with Crippen molar-refractivity contribution in [3.8, 4) is 11.5 Å². The highest BCUT2D eigenvalue weighted by molar-refractivity contribution is 7.89. The third-order valence-corrected chi connectivity index (χ3v) is 7.04. The first-order valence-electron chi connectivity index (χ1n) is 9.92. The molecule has 3 aromatic carbocycles. The summed E-state index contributed by atoms with van der Waals surface area (Å²) in [4.78, 5) is 14.3. The number of sulfonamides is 1. The minimum atomic E-state index is -3.85. The maximum absolute atomic E-state index is 12.9. The Labute approximate surface area is 181 Å². The number of likely N-dealkylation sites (N-methyl/N-ethyl adjacent to an activating group) is 2. The lowest BCUT2D eigenvalue weighted by molar-refractivity contribution is -0.130. The fourth-order valence-electron chi connectivity index (χ4n) is 3.46. The summed E-state index contributed by atoms with van der Waals surface area (Å²) in [6.45, 7) is 0.921. The van der Waals surface area contributed by atoms with Gasteiger partial charge in [0.2, 0.25) is 15.9 Å². The molecule has 8 heteroatoms. The van der Waals surface area contributed by atoms with Gasteiger partial charge in [0, 0.05) is 26.7 Å². The van der Waals surface area contributed by atoms with Crippen LogP contribution in [0.15, 0.2) is 65.6 Å². The molecule has 1 amide bonds. The van der Waals surface area contributed by atoms with Crippen LogP contribution in [0, 0.1) is 0 Å². The number of ether oxygens (including phenoxy) is 2. The second kappa shape index (κ2) is 8.56. The van der Waals surface area contributed by atoms with Crippen LogP contribution in [0.25, 0.3) is 10.8 Å². The molecule has 0 spiro atoms. The zero-order chi connectivity index (χ0) is 22.0. The van der Waals surface area contributed by atoms with Crippen LogP contribution in [0.4, 0.5) is 0 Å². The number of nitrogens with zero attached hydrogens (tertiary/aromatic N) is 2. The number of rotatable bonds is 6. The van der Waals surface area contributed by atoms with Gasteiger partial charge in [-0.2, -0.15) is 4.31 Å². The van der Waals surface area contributed by atoms with Crippen LogP contribution in [0.2, 0.25) is 0 Å². The van der Waals surface area contributed by atoms with E-state index in [2.05, 4.69) is 0 Å². The molecule has 0 unspecified atom stereocenters. The highest BCUT2D eigenvalue weighted by Crippen LogP contribution is 2.33. The molecule has 4 rings (SSSR count). The van der Waals surface area contributed by atoms with E-state index in [4.69, 9.17) is 9.47 Å². The second-order valence-corrected chi connectivity index (χ2v) is 9.54. The molecule has 1 heterocycles. The second-order valence-electron chi connectivity index (χ2n) is 7.50. The first kappa shape index (κ1) is 21.1. The Hall–Kier alpha value is -3.10. The summed E-state index contributed by atoms with van der Waals surface area (Å²) in [5.41, 5.74) is 0.979. The first-order valence-corrected chi connectivity index (χ1v) is 11.4. The van der Waals surface area contributed by atoms with Crippen LogP contribution in [-0.2, 0) is 21.4 Å². The summed E-state index contributed by atoms with van der Waals surface area (Å²) < 4.78 is 37.8. The number of carbonyl (C=O) groups is 1. The summed E-state index contributed by atoms with van der Waals surface area (Å²) >= 11 is 0. The Morgan fingerprint density at radius 3 is 2.39 bits per heavy atom. The molecule has 0 fully saturated rings. The molecular weight excluding hydrogens is 416 g/mol. The zero-order valence-electron chi connectivity index (χ0n) is 17.4. The van der Waals surface area contributed by atoms with Crippen molar-refractivity contribution < 1.29 is 22.7 Å². The molecule has 1 aliphatic rings. The normalized spacial score (nSPS) is 13.4. The molecule has 0 bridgehead atoms. The van der Waals surface area contributed by atoms with Crippen molar-refractivity contribution >= 4 is 26.7 Å². The highest BCUT2D eigenvalue weighted by Gasteiger charge is 2.26. The number of hydrogen-bond acceptors (Lipinski definition) is 5. The molecule has 0 N–H and O–H groups in total. The number of benzene rings is 3. The standard InChI is InChI=1S/C23H24N2O5S/c1-24(15-17-7-8-18-5-3-4-6-19(18)13-17)23(26)16-25(2)31(27,28)20-9-10-21-22(14-20)30-12-11-29-21/h3-10,13-14H,11-12,15-16H2,1-2H3. The van der Waals surface area contributed by atoms with Crippen LogP contribution in [0.1, 0.15) is 5.56 Å². The van der Waals surface area contributed by atoms with Gasteiger partial charge in [-0.05, 0) is 34.5 Å². The van der Waals surface area contributed by atoms with Gasteiger partial charge in [0.1, 0.15) is 13.2 Å². The summed E-state index contributed by atoms with van der Waals surface area (Å²) in [6.07, 6.45) is 0. The molecule has 3 aromatic rings. The predicted molar refractivity (Wildman–Crippen MR) is 118 cm³/mol. The Balaban J connectivity index is 1.44. The van der Waals surface area contributed by atoms with E-state index >= 15 is 0 Å². The minimum absolute atomic E-state index is 0.0595. The van der Waals surface area contributed by atoms with E-state index in [1.54, 1.807) is 13.1 Å². The van der Waals surface area contributed by atoms with Gasteiger partial charge in [0.25, 0.3) is 0 Å². The van der Waals surface area contributed by atoms with Crippen molar-refractivity contribution in [2.45, 2.75) is 11.4 Å². The van der Waals surface area contributed by atoms with Crippen LogP contribution in [0.5, 0.6) is 11.5 Å². The molecule has 0 saturated heterocycles. The highest BCUT2D eigenvalue weighted by atomic mass is 32.2. The molecule has 0 atom stereocenters. The predicted octanol–water partition coefficient (Wildman–Crippen LogP) is 2.89. The molecule has 0 saturated carbocycles. The van der Waals surface area contributed by atoms with Crippen molar-refractivity contribution in [3.05, 3.63) is 66.2 Å². The Morgan fingerprint density at radius 1 is 0.903 bits per heavy atom. The topological polar surface area (TPSA) is 76.2 Å². The van der Waals surface area contributed by atoms with Crippen LogP contribution < -0.4 is 9.47 Å². The third-order valence-electron chi connectivity index (χ3n) is 5.24. The molecule has 0 radical (unpaired) electrons. The van der Waals surface area contributed by atoms with Crippen molar-refractivity contribution in [3.63, 3.8) is 0 Å². The van der Waals surface area contributed by atoms with Gasteiger partial charge >= 0.3 is 0 Å². The zero-order valence-corrected chi connectivity index (χ0v) is 18.3. The minimum Gasteiger partial charge on any atom is -0.486 e. The molecule has 31 heavy (non-hydrogen) atoms. The van der Waals surface area contributed by atoms with E-state index in [9.17, 15) is 13.2 Å². The number of carbonyl (C=O) groups excluding carboxylic acids is 1. The van der Waals surface area contributed by atoms with Crippen molar-refractivity contribution in [1.29, 1.82) is 0 Å². The van der Waals surface area contributed by atoms with E-state index in [1.165, 1.54) is 24.1 Å². The average molecular weight is 441 g/mol. The average Bonchev–Trinajstić information content (AvgIpc) is 2.78. The van der Waals surface area contributed by atoms with Gasteiger partial charge in [-0.1, -0.05) is 36.4 Å². The molecule has 0 aromatic heterocycles. The summed E-state index contributed by atoms with van der Waals surface area (Å²) in [6, 6.07) is 18.5. The molecule has 7 nitrogen and oxygen atoms in total. The number of hydrogen-bond donors (Lipinski definition) is 0. The number of fused-ring (bicyclic) bond motifs is 2. The quantitative estimate of drug-likeness (QED) is 0.589. The SMILES string of the molecule is CN(Cc1ccc2ccccc2c1)C(=O)CN(C)S(=O)(=O)c1ccc2c(c1)OCCO2. The summed E-state index contributed by atoms with van der Waals surface area (Å²) in [7, 11) is -0.787. The van der Waals surface area contributed by atoms with Crippen LogP contribution in [0.3, 0.4) is 0 Å². The Morgan fingerprint density at radius 2 is 1.61 bits per heavy atom. The monoisotopic (exact) mass is 440 g/mol. The van der Waals surface area contributed by atoms with Gasteiger partial charge in [0.15, 0.2) is 11.5 Å². The fraction of sp³-hybridized carbons (Fsp3) is 0.261. The smallest absolute Gasteiger partial charge is 0.243 e. The molecular formula is C23H24N2O5S. The first-order chi connectivity index (χ1) is 14.8. The van der Waals surface area contributed by atoms with Crippen molar-refractivity contribution in [2.75, 3.05) is 33.9 Å². The van der Waals surface area contributed by atoms with E-state index in [-0.39, 0.29) is 17.3 Å². The Kier molecular flexibility index (Phi) is 5.84. The van der Waals surface area contributed by atoms with Crippen molar-refractivity contribution in [2.24, 2.45) is 0 Å². The fourth-order valence-corrected chi connectivity index (χ4v) is 4.60. The summed E-state index contributed by atoms with van der Waals surface area (Å²) in [5, 5.41) is 2.23. The van der Waals surface area contributed by atoms with E-state index < -0.39 is 10.0 Å². The molecule has 162 valence electrons. The van der Waals surface area contributed by atoms with Gasteiger partial charge in [0.05, 0.1) is 11.4 Å². The van der Waals surface area contributed by atoms with E-state index in [0.29, 0.717) is 31.3 Å². The van der Waals surface area contributed by atoms with Gasteiger partial charge in [-0.3, -0.25) is 4.79 Å². The lowest BCUT2D eigenvalue weighted by atomic mass is 10.1. The van der Waals surface area contributed by atoms with Gasteiger partial charge in [-0.15, -0.1) is 0 Å². The summed E-state index contributed by atoms with van der Waals surface area (Å²) in [5.74, 6) is 0.608. The van der Waals surface area contributed by atoms with Gasteiger partial charge < -0.3 is 14.4 Å².